The Morgan fingerprint density at radius 3 is 2.50 bits per heavy atom. The molecule has 0 amide bonds. The van der Waals surface area contributed by atoms with Crippen LogP contribution in [0.1, 0.15) is 65.4 Å². The van der Waals surface area contributed by atoms with Crippen molar-refractivity contribution < 1.29 is 10.2 Å². The van der Waals surface area contributed by atoms with Gasteiger partial charge in [-0.05, 0) is 93.6 Å². The lowest BCUT2D eigenvalue weighted by molar-refractivity contribution is 0.336. The van der Waals surface area contributed by atoms with E-state index >= 15 is 0 Å². The zero-order chi connectivity index (χ0) is 23.1. The van der Waals surface area contributed by atoms with E-state index in [2.05, 4.69) is 56.5 Å². The number of aromatic hydroxyl groups is 2. The zero-order valence-electron chi connectivity index (χ0n) is 20.1. The molecular weight excluding hydrogens is 394 g/mol. The van der Waals surface area contributed by atoms with E-state index < -0.39 is 0 Å². The lowest BCUT2D eigenvalue weighted by Gasteiger charge is -2.38. The summed E-state index contributed by atoms with van der Waals surface area (Å²) < 4.78 is 0. The van der Waals surface area contributed by atoms with Gasteiger partial charge in [0, 0.05) is 0 Å². The topological polar surface area (TPSA) is 52.5 Å². The monoisotopic (exact) mass is 433 g/mol. The van der Waals surface area contributed by atoms with Crippen LogP contribution in [0.4, 0.5) is 0 Å². The van der Waals surface area contributed by atoms with Gasteiger partial charge in [-0.25, -0.2) is 0 Å². The minimum Gasteiger partial charge on any atom is -0.504 e. The standard InChI is InChI=1S/C29H39NO2/c1-21(7-5-8-22(2)19-23-11-13-27(31)28(32)20-23)10-12-26-25(9-6-16-29(26,3)4)24-14-17-30-18-15-24/h5,7-8,10-13,19-20,24,30-32H,6,9,14-18H2,1-4H3/b8-5+,12-10+,21-7+,22-19+. The van der Waals surface area contributed by atoms with Gasteiger partial charge in [0.05, 0.1) is 0 Å². The first-order valence-electron chi connectivity index (χ1n) is 11.9. The minimum atomic E-state index is -0.0970. The Morgan fingerprint density at radius 1 is 1.03 bits per heavy atom. The Bertz CT molecular complexity index is 953. The smallest absolute Gasteiger partial charge is 0.157 e. The summed E-state index contributed by atoms with van der Waals surface area (Å²) >= 11 is 0. The number of benzene rings is 1. The Kier molecular flexibility index (Phi) is 8.20. The van der Waals surface area contributed by atoms with Gasteiger partial charge in [0.2, 0.25) is 0 Å². The number of allylic oxidation sites excluding steroid dienone is 9. The lowest BCUT2D eigenvalue weighted by Crippen LogP contribution is -2.31. The maximum absolute atomic E-state index is 9.65. The molecule has 0 radical (unpaired) electrons. The molecule has 3 nitrogen and oxygen atoms in total. The summed E-state index contributed by atoms with van der Waals surface area (Å²) in [6.45, 7) is 11.3. The van der Waals surface area contributed by atoms with Crippen molar-refractivity contribution in [3.63, 3.8) is 0 Å². The second kappa shape index (κ2) is 10.9. The second-order valence-electron chi connectivity index (χ2n) is 9.94. The molecule has 3 rings (SSSR count). The van der Waals surface area contributed by atoms with Crippen molar-refractivity contribution in [1.29, 1.82) is 0 Å². The van der Waals surface area contributed by atoms with Crippen molar-refractivity contribution in [3.8, 4) is 11.5 Å². The number of phenolic OH excluding ortho intramolecular Hbond substituents is 2. The maximum atomic E-state index is 9.65. The van der Waals surface area contributed by atoms with E-state index in [-0.39, 0.29) is 16.9 Å². The van der Waals surface area contributed by atoms with Crippen molar-refractivity contribution in [2.75, 3.05) is 13.1 Å². The van der Waals surface area contributed by atoms with E-state index in [1.54, 1.807) is 23.3 Å². The molecule has 0 saturated carbocycles. The summed E-state index contributed by atoms with van der Waals surface area (Å²) in [5.74, 6) is 0.548. The average molecular weight is 434 g/mol. The molecule has 3 N–H and O–H groups in total. The highest BCUT2D eigenvalue weighted by molar-refractivity contribution is 5.59. The number of hydrogen-bond acceptors (Lipinski definition) is 3. The average Bonchev–Trinajstić information content (AvgIpc) is 2.75. The molecule has 0 unspecified atom stereocenters. The highest BCUT2D eigenvalue weighted by Crippen LogP contribution is 2.45. The summed E-state index contributed by atoms with van der Waals surface area (Å²) in [4.78, 5) is 0. The SMILES string of the molecule is CC(/C=C/C1=C(C2CCNCC2)CCCC1(C)C)=C\C=C\C(C)=C\c1ccc(O)c(O)c1. The number of hydrogen-bond donors (Lipinski definition) is 3. The van der Waals surface area contributed by atoms with Crippen LogP contribution >= 0.6 is 0 Å². The highest BCUT2D eigenvalue weighted by atomic mass is 16.3. The number of piperidine rings is 1. The molecule has 0 spiro atoms. The van der Waals surface area contributed by atoms with Crippen LogP contribution in [0.25, 0.3) is 6.08 Å². The Morgan fingerprint density at radius 2 is 1.78 bits per heavy atom. The van der Waals surface area contributed by atoms with Gasteiger partial charge >= 0.3 is 0 Å². The van der Waals surface area contributed by atoms with Gasteiger partial charge in [0.25, 0.3) is 0 Å². The molecule has 172 valence electrons. The van der Waals surface area contributed by atoms with Gasteiger partial charge in [-0.2, -0.15) is 0 Å². The predicted molar refractivity (Wildman–Crippen MR) is 136 cm³/mol. The van der Waals surface area contributed by atoms with E-state index in [1.807, 2.05) is 13.0 Å². The van der Waals surface area contributed by atoms with E-state index in [9.17, 15) is 10.2 Å². The molecule has 0 atom stereocenters. The van der Waals surface area contributed by atoms with E-state index in [1.165, 1.54) is 43.7 Å². The van der Waals surface area contributed by atoms with Crippen LogP contribution < -0.4 is 5.32 Å². The van der Waals surface area contributed by atoms with Crippen molar-refractivity contribution in [1.82, 2.24) is 5.32 Å². The second-order valence-corrected chi connectivity index (χ2v) is 9.94. The first-order valence-corrected chi connectivity index (χ1v) is 11.9. The third kappa shape index (κ3) is 6.49. The number of rotatable bonds is 6. The molecule has 1 saturated heterocycles. The van der Waals surface area contributed by atoms with Gasteiger partial charge in [0.15, 0.2) is 11.5 Å². The molecule has 1 heterocycles. The van der Waals surface area contributed by atoms with E-state index in [0.717, 1.165) is 30.1 Å². The van der Waals surface area contributed by atoms with Gasteiger partial charge < -0.3 is 15.5 Å². The third-order valence-electron chi connectivity index (χ3n) is 6.78. The van der Waals surface area contributed by atoms with Gasteiger partial charge in [0.1, 0.15) is 0 Å². The molecular formula is C29H39NO2. The first kappa shape index (κ1) is 24.1. The van der Waals surface area contributed by atoms with Gasteiger partial charge in [-0.15, -0.1) is 0 Å². The fourth-order valence-electron chi connectivity index (χ4n) is 4.92. The van der Waals surface area contributed by atoms with E-state index in [0.29, 0.717) is 0 Å². The molecule has 3 heteroatoms. The van der Waals surface area contributed by atoms with Crippen molar-refractivity contribution >= 4 is 6.08 Å². The summed E-state index contributed by atoms with van der Waals surface area (Å²) in [5.41, 5.74) is 6.69. The van der Waals surface area contributed by atoms with Crippen LogP contribution in [0.2, 0.25) is 0 Å². The van der Waals surface area contributed by atoms with Crippen molar-refractivity contribution in [3.05, 3.63) is 76.4 Å². The molecule has 2 aliphatic rings. The summed E-state index contributed by atoms with van der Waals surface area (Å²) in [5, 5.41) is 22.6. The Balaban J connectivity index is 1.72. The maximum Gasteiger partial charge on any atom is 0.157 e. The van der Waals surface area contributed by atoms with Crippen molar-refractivity contribution in [2.24, 2.45) is 11.3 Å². The first-order chi connectivity index (χ1) is 15.3. The quantitative estimate of drug-likeness (QED) is 0.332. The number of nitrogens with one attached hydrogen (secondary N) is 1. The molecule has 1 aromatic rings. The highest BCUT2D eigenvalue weighted by Gasteiger charge is 2.31. The Labute approximate surface area is 194 Å². The zero-order valence-corrected chi connectivity index (χ0v) is 20.1. The van der Waals surface area contributed by atoms with E-state index in [4.69, 9.17) is 0 Å². The predicted octanol–water partition coefficient (Wildman–Crippen LogP) is 7.07. The number of phenols is 2. The minimum absolute atomic E-state index is 0.0970. The molecule has 1 aliphatic heterocycles. The fourth-order valence-corrected chi connectivity index (χ4v) is 4.92. The fraction of sp³-hybridized carbons (Fsp3) is 0.448. The van der Waals surface area contributed by atoms with Gasteiger partial charge in [-0.1, -0.05) is 73.1 Å². The third-order valence-corrected chi connectivity index (χ3v) is 6.78. The summed E-state index contributed by atoms with van der Waals surface area (Å²) in [6.07, 6.45) is 19.3. The molecule has 1 aromatic carbocycles. The van der Waals surface area contributed by atoms with Crippen LogP contribution in [0.15, 0.2) is 70.9 Å². The van der Waals surface area contributed by atoms with Crippen molar-refractivity contribution in [2.45, 2.75) is 59.8 Å². The normalized spacial score (nSPS) is 21.1. The van der Waals surface area contributed by atoms with Crippen LogP contribution in [0.3, 0.4) is 0 Å². The Hall–Kier alpha value is -2.52. The lowest BCUT2D eigenvalue weighted by atomic mass is 9.68. The molecule has 32 heavy (non-hydrogen) atoms. The molecule has 1 fully saturated rings. The van der Waals surface area contributed by atoms with Crippen LogP contribution in [0, 0.1) is 11.3 Å². The van der Waals surface area contributed by atoms with Crippen LogP contribution in [-0.2, 0) is 0 Å². The van der Waals surface area contributed by atoms with Crippen LogP contribution in [0.5, 0.6) is 11.5 Å². The van der Waals surface area contributed by atoms with Crippen LogP contribution in [-0.4, -0.2) is 23.3 Å². The summed E-state index contributed by atoms with van der Waals surface area (Å²) in [7, 11) is 0. The largest absolute Gasteiger partial charge is 0.504 e. The molecule has 0 bridgehead atoms. The molecule has 0 aromatic heterocycles. The van der Waals surface area contributed by atoms with Gasteiger partial charge in [-0.3, -0.25) is 0 Å². The summed E-state index contributed by atoms with van der Waals surface area (Å²) in [6, 6.07) is 4.86. The molecule has 1 aliphatic carbocycles.